The van der Waals surface area contributed by atoms with Crippen molar-refractivity contribution in [3.05, 3.63) is 29.8 Å². The van der Waals surface area contributed by atoms with E-state index in [9.17, 15) is 4.79 Å². The van der Waals surface area contributed by atoms with Crippen molar-refractivity contribution in [3.8, 4) is 5.75 Å². The molecule has 0 aromatic heterocycles. The number of hydrogen-bond acceptors (Lipinski definition) is 3. The zero-order chi connectivity index (χ0) is 10.4. The zero-order valence-electron chi connectivity index (χ0n) is 8.19. The maximum Gasteiger partial charge on any atom is 0.302 e. The van der Waals surface area contributed by atoms with E-state index in [4.69, 9.17) is 9.84 Å². The molecule has 0 aliphatic rings. The first-order valence-electron chi connectivity index (χ1n) is 4.60. The highest BCUT2D eigenvalue weighted by Crippen LogP contribution is 2.10. The van der Waals surface area contributed by atoms with Crippen molar-refractivity contribution in [3.63, 3.8) is 0 Å². The van der Waals surface area contributed by atoms with E-state index in [-0.39, 0.29) is 11.7 Å². The number of benzene rings is 1. The van der Waals surface area contributed by atoms with E-state index >= 15 is 0 Å². The first kappa shape index (κ1) is 10.6. The quantitative estimate of drug-likeness (QED) is 0.588. The van der Waals surface area contributed by atoms with Gasteiger partial charge < -0.3 is 9.84 Å². The van der Waals surface area contributed by atoms with E-state index in [2.05, 4.69) is 0 Å². The third-order valence-corrected chi connectivity index (χ3v) is 1.85. The summed E-state index contributed by atoms with van der Waals surface area (Å²) in [6.45, 7) is 1.86. The van der Waals surface area contributed by atoms with Gasteiger partial charge in [0, 0.05) is 6.92 Å². The van der Waals surface area contributed by atoms with Gasteiger partial charge in [-0.3, -0.25) is 4.79 Å². The lowest BCUT2D eigenvalue weighted by Gasteiger charge is -2.02. The molecule has 3 heteroatoms. The zero-order valence-corrected chi connectivity index (χ0v) is 8.19. The minimum absolute atomic E-state index is 0.240. The predicted octanol–water partition coefficient (Wildman–Crippen LogP) is 1.89. The van der Waals surface area contributed by atoms with E-state index in [1.54, 1.807) is 12.1 Å². The van der Waals surface area contributed by atoms with E-state index in [1.807, 2.05) is 12.1 Å². The van der Waals surface area contributed by atoms with Crippen molar-refractivity contribution in [1.82, 2.24) is 0 Å². The van der Waals surface area contributed by atoms with Gasteiger partial charge in [0.15, 0.2) is 0 Å². The van der Waals surface area contributed by atoms with Gasteiger partial charge in [0.2, 0.25) is 0 Å². The molecule has 76 valence electrons. The molecule has 0 radical (unpaired) electrons. The summed E-state index contributed by atoms with van der Waals surface area (Å²) in [5, 5.41) is 9.03. The molecule has 1 rings (SSSR count). The van der Waals surface area contributed by atoms with Crippen LogP contribution < -0.4 is 0 Å². The molecule has 0 unspecified atom stereocenters. The Hall–Kier alpha value is -1.51. The largest absolute Gasteiger partial charge is 0.508 e. The number of carbonyl (C=O) groups is 1. The van der Waals surface area contributed by atoms with Gasteiger partial charge in [-0.1, -0.05) is 12.1 Å². The van der Waals surface area contributed by atoms with Gasteiger partial charge in [0.25, 0.3) is 0 Å². The fraction of sp³-hybridized carbons (Fsp3) is 0.364. The molecular weight excluding hydrogens is 180 g/mol. The number of aromatic hydroxyl groups is 1. The molecule has 0 aliphatic heterocycles. The second kappa shape index (κ2) is 5.27. The SMILES string of the molecule is CC(=O)OCCCc1ccc(O)cc1. The normalized spacial score (nSPS) is 9.79. The number of ether oxygens (including phenoxy) is 1. The number of aryl methyl sites for hydroxylation is 1. The average Bonchev–Trinajstić information content (AvgIpc) is 2.15. The molecule has 1 aromatic carbocycles. The van der Waals surface area contributed by atoms with Crippen LogP contribution in [0.5, 0.6) is 5.75 Å². The fourth-order valence-electron chi connectivity index (χ4n) is 1.15. The summed E-state index contributed by atoms with van der Waals surface area (Å²) in [7, 11) is 0. The number of rotatable bonds is 4. The van der Waals surface area contributed by atoms with Gasteiger partial charge in [-0.25, -0.2) is 0 Å². The van der Waals surface area contributed by atoms with Crippen molar-refractivity contribution in [1.29, 1.82) is 0 Å². The Morgan fingerprint density at radius 2 is 2.00 bits per heavy atom. The fourth-order valence-corrected chi connectivity index (χ4v) is 1.15. The summed E-state index contributed by atoms with van der Waals surface area (Å²) in [5.41, 5.74) is 1.13. The lowest BCUT2D eigenvalue weighted by atomic mass is 10.1. The maximum absolute atomic E-state index is 10.4. The van der Waals surface area contributed by atoms with Crippen LogP contribution in [0.3, 0.4) is 0 Å². The van der Waals surface area contributed by atoms with Crippen molar-refractivity contribution in [2.45, 2.75) is 19.8 Å². The van der Waals surface area contributed by atoms with Gasteiger partial charge in [-0.05, 0) is 30.5 Å². The number of phenols is 1. The smallest absolute Gasteiger partial charge is 0.302 e. The second-order valence-corrected chi connectivity index (χ2v) is 3.11. The lowest BCUT2D eigenvalue weighted by molar-refractivity contribution is -0.141. The lowest BCUT2D eigenvalue weighted by Crippen LogP contribution is -2.01. The number of phenolic OH excluding ortho intramolecular Hbond substituents is 1. The van der Waals surface area contributed by atoms with Crippen molar-refractivity contribution in [2.75, 3.05) is 6.61 Å². The highest BCUT2D eigenvalue weighted by molar-refractivity contribution is 5.65. The molecule has 3 nitrogen and oxygen atoms in total. The van der Waals surface area contributed by atoms with Crippen LogP contribution in [-0.4, -0.2) is 17.7 Å². The highest BCUT2D eigenvalue weighted by Gasteiger charge is 1.95. The second-order valence-electron chi connectivity index (χ2n) is 3.11. The van der Waals surface area contributed by atoms with Crippen LogP contribution in [0.4, 0.5) is 0 Å². The average molecular weight is 194 g/mol. The van der Waals surface area contributed by atoms with E-state index in [0.717, 1.165) is 18.4 Å². The molecule has 1 N–H and O–H groups in total. The third kappa shape index (κ3) is 3.94. The van der Waals surface area contributed by atoms with E-state index in [0.29, 0.717) is 6.61 Å². The Morgan fingerprint density at radius 3 is 2.57 bits per heavy atom. The monoisotopic (exact) mass is 194 g/mol. The molecule has 0 spiro atoms. The number of carbonyl (C=O) groups excluding carboxylic acids is 1. The van der Waals surface area contributed by atoms with Gasteiger partial charge in [0.05, 0.1) is 6.61 Å². The summed E-state index contributed by atoms with van der Waals surface area (Å²) in [6, 6.07) is 7.04. The summed E-state index contributed by atoms with van der Waals surface area (Å²) >= 11 is 0. The first-order chi connectivity index (χ1) is 6.68. The highest BCUT2D eigenvalue weighted by atomic mass is 16.5. The van der Waals surface area contributed by atoms with Crippen LogP contribution in [0.2, 0.25) is 0 Å². The Morgan fingerprint density at radius 1 is 1.36 bits per heavy atom. The Balaban J connectivity index is 2.25. The molecule has 0 saturated carbocycles. The summed E-state index contributed by atoms with van der Waals surface area (Å²) < 4.78 is 4.80. The Labute approximate surface area is 83.3 Å². The molecule has 0 saturated heterocycles. The van der Waals surface area contributed by atoms with Gasteiger partial charge in [-0.2, -0.15) is 0 Å². The van der Waals surface area contributed by atoms with Gasteiger partial charge >= 0.3 is 5.97 Å². The van der Waals surface area contributed by atoms with Crippen LogP contribution in [0.1, 0.15) is 18.9 Å². The van der Waals surface area contributed by atoms with Crippen molar-refractivity contribution in [2.24, 2.45) is 0 Å². The summed E-state index contributed by atoms with van der Waals surface area (Å²) in [4.78, 5) is 10.4. The Bertz CT molecular complexity index is 290. The molecule has 0 fully saturated rings. The Kier molecular flexibility index (Phi) is 3.98. The molecule has 0 bridgehead atoms. The van der Waals surface area contributed by atoms with Crippen LogP contribution in [-0.2, 0) is 16.0 Å². The summed E-state index contributed by atoms with van der Waals surface area (Å²) in [5.74, 6) is 0.0319. The van der Waals surface area contributed by atoms with Crippen LogP contribution in [0, 0.1) is 0 Å². The standard InChI is InChI=1S/C11H14O3/c1-9(12)14-8-2-3-10-4-6-11(13)7-5-10/h4-7,13H,2-3,8H2,1H3. The topological polar surface area (TPSA) is 46.5 Å². The summed E-state index contributed by atoms with van der Waals surface area (Å²) in [6.07, 6.45) is 1.66. The number of esters is 1. The minimum atomic E-state index is -0.240. The van der Waals surface area contributed by atoms with Gasteiger partial charge in [0.1, 0.15) is 5.75 Å². The van der Waals surface area contributed by atoms with Crippen LogP contribution in [0.15, 0.2) is 24.3 Å². The third-order valence-electron chi connectivity index (χ3n) is 1.85. The molecule has 0 atom stereocenters. The van der Waals surface area contributed by atoms with Crippen molar-refractivity contribution >= 4 is 5.97 Å². The number of hydrogen-bond donors (Lipinski definition) is 1. The molecule has 0 amide bonds. The first-order valence-corrected chi connectivity index (χ1v) is 4.60. The van der Waals surface area contributed by atoms with Gasteiger partial charge in [-0.15, -0.1) is 0 Å². The molecule has 1 aromatic rings. The van der Waals surface area contributed by atoms with E-state index < -0.39 is 0 Å². The van der Waals surface area contributed by atoms with E-state index in [1.165, 1.54) is 6.92 Å². The minimum Gasteiger partial charge on any atom is -0.508 e. The maximum atomic E-state index is 10.4. The molecule has 14 heavy (non-hydrogen) atoms. The molecule has 0 aliphatic carbocycles. The predicted molar refractivity (Wildman–Crippen MR) is 53.1 cm³/mol. The van der Waals surface area contributed by atoms with Crippen LogP contribution in [0.25, 0.3) is 0 Å². The molecular formula is C11H14O3. The van der Waals surface area contributed by atoms with Crippen LogP contribution >= 0.6 is 0 Å². The molecule has 0 heterocycles. The van der Waals surface area contributed by atoms with Crippen molar-refractivity contribution < 1.29 is 14.6 Å².